The average Bonchev–Trinajstić information content (AvgIpc) is 1.97. The van der Waals surface area contributed by atoms with Crippen molar-refractivity contribution in [1.29, 1.82) is 0 Å². The van der Waals surface area contributed by atoms with E-state index in [0.29, 0.717) is 15.6 Å². The molecule has 0 heterocycles. The predicted molar refractivity (Wildman–Crippen MR) is 47.8 cm³/mol. The van der Waals surface area contributed by atoms with Crippen LogP contribution in [0.15, 0.2) is 0 Å². The first-order valence-electron chi connectivity index (χ1n) is 4.16. The van der Waals surface area contributed by atoms with Crippen molar-refractivity contribution in [3.63, 3.8) is 0 Å². The molecule has 0 aliphatic rings. The van der Waals surface area contributed by atoms with Gasteiger partial charge < -0.3 is 3.79 Å². The van der Waals surface area contributed by atoms with Crippen LogP contribution >= 0.6 is 0 Å². The van der Waals surface area contributed by atoms with Crippen molar-refractivity contribution in [2.24, 2.45) is 0 Å². The van der Waals surface area contributed by atoms with E-state index in [1.165, 1.54) is 22.3 Å². The van der Waals surface area contributed by atoms with Gasteiger partial charge in [0.2, 0.25) is 0 Å². The van der Waals surface area contributed by atoms with Gasteiger partial charge in [0.1, 0.15) is 0 Å². The van der Waals surface area contributed by atoms with Gasteiger partial charge in [-0.25, -0.2) is 0 Å². The van der Waals surface area contributed by atoms with Gasteiger partial charge in [-0.15, -0.1) is 10.6 Å². The Bertz CT molecular complexity index is 51.6. The summed E-state index contributed by atoms with van der Waals surface area (Å²) in [5.41, 5.74) is 0. The third-order valence-electron chi connectivity index (χ3n) is 1.24. The van der Waals surface area contributed by atoms with Crippen molar-refractivity contribution in [1.82, 2.24) is 0 Å². The van der Waals surface area contributed by atoms with Crippen molar-refractivity contribution in [2.75, 3.05) is 6.61 Å². The van der Waals surface area contributed by atoms with Crippen LogP contribution in [0.2, 0.25) is 15.8 Å². The lowest BCUT2D eigenvalue weighted by atomic mass is 10.5. The Morgan fingerprint density at radius 2 is 2.00 bits per heavy atom. The minimum Gasteiger partial charge on any atom is -0.507 e. The van der Waals surface area contributed by atoms with E-state index in [1.807, 2.05) is 0 Å². The Hall–Kier alpha value is 1.02. The highest BCUT2D eigenvalue weighted by molar-refractivity contribution is 6.35. The molecule has 0 aromatic carbocycles. The molecule has 0 aromatic heterocycles. The third kappa shape index (κ3) is 9.02. The smallest absolute Gasteiger partial charge is 0.423 e. The molecule has 0 saturated carbocycles. The van der Waals surface area contributed by atoms with Crippen molar-refractivity contribution in [3.05, 3.63) is 0 Å². The maximum Gasteiger partial charge on any atom is 0.423 e. The molecule has 0 unspecified atom stereocenters. The number of hydrogen-bond donors (Lipinski definition) is 0. The van der Waals surface area contributed by atoms with Crippen LogP contribution in [0.1, 0.15) is 20.3 Å². The third-order valence-corrected chi connectivity index (χ3v) is 3.44. The summed E-state index contributed by atoms with van der Waals surface area (Å²) in [6.07, 6.45) is 1.30. The van der Waals surface area contributed by atoms with E-state index in [1.54, 1.807) is 0 Å². The Kier molecular flexibility index (Phi) is 11.1. The zero-order valence-corrected chi connectivity index (χ0v) is 9.41. The van der Waals surface area contributed by atoms with E-state index < -0.39 is 0 Å². The van der Waals surface area contributed by atoms with E-state index in [9.17, 15) is 0 Å². The van der Waals surface area contributed by atoms with Crippen LogP contribution in [-0.4, -0.2) is 37.4 Å². The molecule has 0 N–H and O–H groups in total. The maximum atomic E-state index is 5.43. The fourth-order valence-corrected chi connectivity index (χ4v) is 2.15. The van der Waals surface area contributed by atoms with Crippen LogP contribution < -0.4 is 0 Å². The van der Waals surface area contributed by atoms with Crippen molar-refractivity contribution in [3.8, 4) is 0 Å². The Labute approximate surface area is 77.3 Å². The van der Waals surface area contributed by atoms with Crippen molar-refractivity contribution in [2.45, 2.75) is 36.1 Å². The lowest BCUT2D eigenvalue weighted by Gasteiger charge is -1.99. The molecular formula is C7H16Al2O. The molecule has 0 rings (SSSR count). The highest BCUT2D eigenvalue weighted by Crippen LogP contribution is 1.92. The molecule has 1 nitrogen and oxygen atoms in total. The summed E-state index contributed by atoms with van der Waals surface area (Å²) in [7, 11) is 0. The maximum absolute atomic E-state index is 5.43. The van der Waals surface area contributed by atoms with Gasteiger partial charge in [0.15, 0.2) is 15.2 Å². The minimum absolute atomic E-state index is 0.316. The summed E-state index contributed by atoms with van der Waals surface area (Å²) < 4.78 is 5.43. The van der Waals surface area contributed by atoms with Crippen LogP contribution in [0.5, 0.6) is 0 Å². The Morgan fingerprint density at radius 1 is 1.20 bits per heavy atom. The SMILES string of the molecule is C[CH2][Al][CH2]CC[O][Al][CH2]C. The van der Waals surface area contributed by atoms with E-state index in [0.717, 1.165) is 21.8 Å². The van der Waals surface area contributed by atoms with E-state index in [4.69, 9.17) is 3.79 Å². The second kappa shape index (κ2) is 10.0. The molecule has 0 spiro atoms. The second-order valence-corrected chi connectivity index (χ2v) is 5.74. The first-order chi connectivity index (χ1) is 4.91. The molecule has 10 heavy (non-hydrogen) atoms. The van der Waals surface area contributed by atoms with Gasteiger partial charge in [-0.2, -0.15) is 0 Å². The molecule has 0 bridgehead atoms. The molecule has 0 aliphatic carbocycles. The fraction of sp³-hybridized carbons (Fsp3) is 1.00. The lowest BCUT2D eigenvalue weighted by molar-refractivity contribution is 0.335. The van der Waals surface area contributed by atoms with Gasteiger partial charge in [-0.3, -0.25) is 0 Å². The van der Waals surface area contributed by atoms with E-state index >= 15 is 0 Å². The fourth-order valence-electron chi connectivity index (χ4n) is 0.716. The Balaban J connectivity index is 2.65. The summed E-state index contributed by atoms with van der Waals surface area (Å²) >= 11 is 1.05. The molecule has 56 valence electrons. The topological polar surface area (TPSA) is 9.23 Å². The highest BCUT2D eigenvalue weighted by Gasteiger charge is 1.91. The van der Waals surface area contributed by atoms with Gasteiger partial charge in [0, 0.05) is 6.61 Å². The zero-order chi connectivity index (χ0) is 7.66. The van der Waals surface area contributed by atoms with Gasteiger partial charge in [0.05, 0.1) is 0 Å². The van der Waals surface area contributed by atoms with Crippen LogP contribution in [0, 0.1) is 0 Å². The minimum atomic E-state index is 0.316. The van der Waals surface area contributed by atoms with Crippen LogP contribution in [0.4, 0.5) is 0 Å². The van der Waals surface area contributed by atoms with E-state index in [2.05, 4.69) is 13.8 Å². The molecule has 0 fully saturated rings. The van der Waals surface area contributed by atoms with E-state index in [-0.39, 0.29) is 0 Å². The Morgan fingerprint density at radius 3 is 2.60 bits per heavy atom. The molecule has 0 saturated heterocycles. The van der Waals surface area contributed by atoms with Gasteiger partial charge >= 0.3 is 15.6 Å². The number of rotatable bonds is 7. The molecule has 2 radical (unpaired) electrons. The average molecular weight is 170 g/mol. The largest absolute Gasteiger partial charge is 0.507 e. The van der Waals surface area contributed by atoms with Crippen LogP contribution in [-0.2, 0) is 3.79 Å². The van der Waals surface area contributed by atoms with Crippen LogP contribution in [0.25, 0.3) is 0 Å². The molecule has 0 aliphatic heterocycles. The lowest BCUT2D eigenvalue weighted by Crippen LogP contribution is -1.99. The normalized spacial score (nSPS) is 9.40. The summed E-state index contributed by atoms with van der Waals surface area (Å²) in [6, 6.07) is 0. The van der Waals surface area contributed by atoms with Gasteiger partial charge in [0.25, 0.3) is 0 Å². The molecule has 0 aromatic rings. The van der Waals surface area contributed by atoms with Gasteiger partial charge in [-0.05, 0) is 6.42 Å². The molecular weight excluding hydrogens is 154 g/mol. The first-order valence-corrected chi connectivity index (χ1v) is 7.08. The van der Waals surface area contributed by atoms with Gasteiger partial charge in [-0.1, -0.05) is 19.1 Å². The van der Waals surface area contributed by atoms with Crippen LogP contribution in [0.3, 0.4) is 0 Å². The zero-order valence-electron chi connectivity index (χ0n) is 7.10. The standard InChI is InChI=1S/C3H6O.2C2H5.2Al/c1-2-3-4;2*1-2;;/h1-3H2;2*1H2,2H3;;/q-1;;;;+1. The molecule has 3 heteroatoms. The summed E-state index contributed by atoms with van der Waals surface area (Å²) in [5.74, 6) is 0. The first kappa shape index (κ1) is 11.0. The summed E-state index contributed by atoms with van der Waals surface area (Å²) in [4.78, 5) is 0. The molecule has 0 atom stereocenters. The summed E-state index contributed by atoms with van der Waals surface area (Å²) in [5, 5.41) is 4.07. The molecule has 0 amide bonds. The number of hydrogen-bond acceptors (Lipinski definition) is 1. The predicted octanol–water partition coefficient (Wildman–Crippen LogP) is 2.01. The van der Waals surface area contributed by atoms with Crippen molar-refractivity contribution >= 4 is 30.8 Å². The monoisotopic (exact) mass is 170 g/mol. The summed E-state index contributed by atoms with van der Waals surface area (Å²) in [6.45, 7) is 5.48. The quantitative estimate of drug-likeness (QED) is 0.419. The van der Waals surface area contributed by atoms with Crippen molar-refractivity contribution < 1.29 is 3.79 Å². The second-order valence-electron chi connectivity index (χ2n) is 2.28. The highest BCUT2D eigenvalue weighted by atomic mass is 27.1.